The van der Waals surface area contributed by atoms with Crippen LogP contribution in [-0.2, 0) is 22.6 Å². The quantitative estimate of drug-likeness (QED) is 0.431. The van der Waals surface area contributed by atoms with Crippen molar-refractivity contribution in [1.82, 2.24) is 30.5 Å². The number of nitrogens with zero attached hydrogens (tertiary/aromatic N) is 3. The van der Waals surface area contributed by atoms with E-state index in [0.29, 0.717) is 5.75 Å². The summed E-state index contributed by atoms with van der Waals surface area (Å²) in [5.41, 5.74) is 0.820. The predicted molar refractivity (Wildman–Crippen MR) is 139 cm³/mol. The number of fused-ring (bicyclic) bond motifs is 2. The van der Waals surface area contributed by atoms with Gasteiger partial charge in [0.15, 0.2) is 23.0 Å². The zero-order valence-electron chi connectivity index (χ0n) is 21.9. The first kappa shape index (κ1) is 27.8. The minimum absolute atomic E-state index is 0.0334. The fourth-order valence-corrected chi connectivity index (χ4v) is 4.10. The zero-order chi connectivity index (χ0) is 27.9. The van der Waals surface area contributed by atoms with Gasteiger partial charge in [0.25, 0.3) is 11.8 Å². The summed E-state index contributed by atoms with van der Waals surface area (Å²) >= 11 is 0. The van der Waals surface area contributed by atoms with Crippen molar-refractivity contribution in [3.63, 3.8) is 0 Å². The van der Waals surface area contributed by atoms with Crippen LogP contribution in [-0.4, -0.2) is 63.7 Å². The third-order valence-electron chi connectivity index (χ3n) is 6.41. The van der Waals surface area contributed by atoms with Crippen molar-refractivity contribution in [2.24, 2.45) is 0 Å². The van der Waals surface area contributed by atoms with Gasteiger partial charge in [-0.25, -0.2) is 13.9 Å². The molecule has 1 saturated heterocycles. The summed E-state index contributed by atoms with van der Waals surface area (Å²) in [6, 6.07) is 5.65. The monoisotopic (exact) mass is 538 g/mol. The topological polar surface area (TPSA) is 144 Å². The second kappa shape index (κ2) is 12.6. The van der Waals surface area contributed by atoms with Crippen LogP contribution in [0.3, 0.4) is 0 Å². The Balaban J connectivity index is 0.000000519. The van der Waals surface area contributed by atoms with E-state index in [1.165, 1.54) is 52.3 Å². The third-order valence-corrected chi connectivity index (χ3v) is 6.41. The maximum Gasteiger partial charge on any atom is 0.270 e. The van der Waals surface area contributed by atoms with E-state index >= 15 is 0 Å². The van der Waals surface area contributed by atoms with Crippen LogP contribution in [0, 0.1) is 5.82 Å². The number of rotatable bonds is 6. The van der Waals surface area contributed by atoms with Crippen molar-refractivity contribution in [3.05, 3.63) is 58.8 Å². The van der Waals surface area contributed by atoms with Crippen LogP contribution < -0.4 is 20.7 Å². The van der Waals surface area contributed by atoms with Gasteiger partial charge in [-0.1, -0.05) is 12.5 Å². The highest BCUT2D eigenvalue weighted by molar-refractivity contribution is 5.99. The van der Waals surface area contributed by atoms with E-state index in [1.807, 2.05) is 0 Å². The van der Waals surface area contributed by atoms with Gasteiger partial charge in [-0.3, -0.25) is 19.2 Å². The number of ketones is 2. The molecule has 2 amide bonds. The molecule has 2 aromatic heterocycles. The smallest absolute Gasteiger partial charge is 0.270 e. The van der Waals surface area contributed by atoms with Crippen molar-refractivity contribution in [1.29, 1.82) is 0 Å². The number of hydrogen-bond acceptors (Lipinski definition) is 8. The van der Waals surface area contributed by atoms with Gasteiger partial charge in [-0.05, 0) is 57.5 Å². The highest BCUT2D eigenvalue weighted by Crippen LogP contribution is 2.24. The number of carbonyl (C=O) groups is 4. The molecule has 0 saturated carbocycles. The molecule has 1 aromatic carbocycles. The lowest BCUT2D eigenvalue weighted by Gasteiger charge is -2.17. The second-order valence-electron chi connectivity index (χ2n) is 9.50. The molecule has 0 radical (unpaired) electrons. The molecule has 12 heteroatoms. The number of aromatic nitrogens is 3. The predicted octanol–water partition coefficient (Wildman–Crippen LogP) is 1.77. The fraction of sp³-hybridized carbons (Fsp3) is 0.407. The van der Waals surface area contributed by atoms with Crippen LogP contribution in [0.4, 0.5) is 4.39 Å². The summed E-state index contributed by atoms with van der Waals surface area (Å²) in [5.74, 6) is -1.83. The molecule has 2 aliphatic rings. The Labute approximate surface area is 224 Å². The average Bonchev–Trinajstić information content (AvgIpc) is 3.32. The largest absolute Gasteiger partial charge is 0.486 e. The second-order valence-corrected chi connectivity index (χ2v) is 9.50. The number of piperidine rings is 1. The van der Waals surface area contributed by atoms with Crippen LogP contribution in [0.1, 0.15) is 65.2 Å². The number of benzene rings is 1. The van der Waals surface area contributed by atoms with Crippen molar-refractivity contribution in [2.45, 2.75) is 52.1 Å². The Morgan fingerprint density at radius 1 is 1.15 bits per heavy atom. The summed E-state index contributed by atoms with van der Waals surface area (Å²) in [4.78, 5) is 52.5. The molecular weight excluding hydrogens is 507 g/mol. The van der Waals surface area contributed by atoms with Gasteiger partial charge in [0.1, 0.15) is 23.7 Å². The molecule has 11 nitrogen and oxygen atoms in total. The molecule has 0 spiro atoms. The van der Waals surface area contributed by atoms with E-state index in [2.05, 4.69) is 26.0 Å². The standard InChI is InChI=1S/C22H20FN5O5.C5H11N/c1-11(12(2)29)26-22(32)18-7-17(27-20-16(23)9-25-28(18)20)21(31)24-8-13-3-4-19-14(5-13)6-15(30)10-33-19;1-2-4-6-5-3-1/h3-5,7,9,11H,6,8,10H2,1-2H3,(H,24,31)(H,26,32);6H,1-5H2/t11-;/m0./s1. The third kappa shape index (κ3) is 7.02. The zero-order valence-corrected chi connectivity index (χ0v) is 21.9. The minimum Gasteiger partial charge on any atom is -0.486 e. The van der Waals surface area contributed by atoms with Gasteiger partial charge >= 0.3 is 0 Å². The molecule has 3 N–H and O–H groups in total. The molecule has 1 atom stereocenters. The summed E-state index contributed by atoms with van der Waals surface area (Å²) in [6.07, 6.45) is 5.35. The Morgan fingerprint density at radius 3 is 2.59 bits per heavy atom. The first-order valence-corrected chi connectivity index (χ1v) is 12.8. The van der Waals surface area contributed by atoms with Gasteiger partial charge in [0.2, 0.25) is 0 Å². The Hall–Kier alpha value is -4.19. The van der Waals surface area contributed by atoms with E-state index < -0.39 is 23.7 Å². The summed E-state index contributed by atoms with van der Waals surface area (Å²) in [7, 11) is 0. The molecule has 3 aromatic rings. The van der Waals surface area contributed by atoms with E-state index in [1.54, 1.807) is 18.2 Å². The van der Waals surface area contributed by atoms with Crippen molar-refractivity contribution < 1.29 is 28.3 Å². The summed E-state index contributed by atoms with van der Waals surface area (Å²) in [6.45, 7) is 5.48. The lowest BCUT2D eigenvalue weighted by molar-refractivity contribution is -0.121. The Morgan fingerprint density at radius 2 is 1.92 bits per heavy atom. The molecule has 1 fully saturated rings. The van der Waals surface area contributed by atoms with E-state index in [-0.39, 0.29) is 48.2 Å². The molecule has 2 aliphatic heterocycles. The molecule has 4 heterocycles. The Kier molecular flexibility index (Phi) is 8.97. The lowest BCUT2D eigenvalue weighted by atomic mass is 10.0. The SMILES string of the molecule is C1CCNCC1.CC(=O)[C@H](C)NC(=O)c1cc(C(=O)NCc2ccc3c(c2)CC(=O)CO3)nc2c(F)cnn12. The first-order chi connectivity index (χ1) is 18.7. The van der Waals surface area contributed by atoms with Crippen molar-refractivity contribution in [2.75, 3.05) is 19.7 Å². The fourth-order valence-electron chi connectivity index (χ4n) is 4.10. The highest BCUT2D eigenvalue weighted by Gasteiger charge is 2.22. The number of amides is 2. The normalized spacial score (nSPS) is 15.3. The number of Topliss-reactive ketones (excluding diaryl/α,β-unsaturated/α-hetero) is 2. The summed E-state index contributed by atoms with van der Waals surface area (Å²) < 4.78 is 20.5. The molecule has 0 aliphatic carbocycles. The lowest BCUT2D eigenvalue weighted by Crippen LogP contribution is -2.38. The highest BCUT2D eigenvalue weighted by atomic mass is 19.1. The minimum atomic E-state index is -0.808. The number of halogens is 1. The van der Waals surface area contributed by atoms with Gasteiger partial charge in [0, 0.05) is 24.6 Å². The molecule has 5 rings (SSSR count). The number of hydrogen-bond donors (Lipinski definition) is 3. The molecule has 206 valence electrons. The van der Waals surface area contributed by atoms with Crippen LogP contribution in [0.25, 0.3) is 5.65 Å². The van der Waals surface area contributed by atoms with Gasteiger partial charge in [0.05, 0.1) is 12.2 Å². The van der Waals surface area contributed by atoms with Gasteiger partial charge in [-0.2, -0.15) is 5.10 Å². The molecule has 0 bridgehead atoms. The molecular formula is C27H31FN6O5. The van der Waals surface area contributed by atoms with E-state index in [9.17, 15) is 23.6 Å². The van der Waals surface area contributed by atoms with Crippen LogP contribution >= 0.6 is 0 Å². The summed E-state index contributed by atoms with van der Waals surface area (Å²) in [5, 5.41) is 12.2. The van der Waals surface area contributed by atoms with E-state index in [0.717, 1.165) is 21.8 Å². The number of nitrogens with one attached hydrogen (secondary N) is 3. The van der Waals surface area contributed by atoms with E-state index in [4.69, 9.17) is 4.74 Å². The average molecular weight is 539 g/mol. The van der Waals surface area contributed by atoms with Crippen LogP contribution in [0.15, 0.2) is 30.5 Å². The van der Waals surface area contributed by atoms with Crippen molar-refractivity contribution in [3.8, 4) is 5.75 Å². The number of carbonyl (C=O) groups excluding carboxylic acids is 4. The molecule has 39 heavy (non-hydrogen) atoms. The number of ether oxygens (including phenoxy) is 1. The maximum absolute atomic E-state index is 14.2. The van der Waals surface area contributed by atoms with Crippen LogP contribution in [0.2, 0.25) is 0 Å². The van der Waals surface area contributed by atoms with Gasteiger partial charge < -0.3 is 20.7 Å². The Bertz CT molecular complexity index is 1390. The molecule has 0 unspecified atom stereocenters. The first-order valence-electron chi connectivity index (χ1n) is 12.8. The maximum atomic E-state index is 14.2. The van der Waals surface area contributed by atoms with Crippen molar-refractivity contribution >= 4 is 29.0 Å². The van der Waals surface area contributed by atoms with Crippen LogP contribution in [0.5, 0.6) is 5.75 Å². The van der Waals surface area contributed by atoms with Gasteiger partial charge in [-0.15, -0.1) is 0 Å².